The number of rotatable bonds is 21. The first-order chi connectivity index (χ1) is 30.4. The summed E-state index contributed by atoms with van der Waals surface area (Å²) >= 11 is 0. The molecular weight excluding hydrogens is 1080 g/mol. The Bertz CT molecular complexity index is 2470. The van der Waals surface area contributed by atoms with Crippen LogP contribution in [-0.4, -0.2) is 131 Å². The Morgan fingerprint density at radius 1 is 0.522 bits per heavy atom. The lowest BCUT2D eigenvalue weighted by atomic mass is 9.95. The van der Waals surface area contributed by atoms with Crippen molar-refractivity contribution in [2.24, 2.45) is 0 Å². The monoisotopic (exact) mass is 1100 g/mol. The number of alkyl halides is 24. The van der Waals surface area contributed by atoms with E-state index in [0.717, 1.165) is 19.0 Å². The van der Waals surface area contributed by atoms with Gasteiger partial charge in [-0.2, -0.15) is 105 Å². The van der Waals surface area contributed by atoms with Gasteiger partial charge in [0.2, 0.25) is 0 Å². The van der Waals surface area contributed by atoms with Gasteiger partial charge in [-0.3, -0.25) is 28.6 Å². The lowest BCUT2D eigenvalue weighted by Crippen LogP contribution is -2.69. The smallest absolute Gasteiger partial charge is 0.383 e. The lowest BCUT2D eigenvalue weighted by molar-refractivity contribution is -0.414. The number of hydrogen-bond donors (Lipinski definition) is 0. The Morgan fingerprint density at radius 2 is 0.797 bits per heavy atom. The van der Waals surface area contributed by atoms with E-state index >= 15 is 0 Å². The number of benzene rings is 2. The summed E-state index contributed by atoms with van der Waals surface area (Å²) in [4.78, 5) is 17.7. The summed E-state index contributed by atoms with van der Waals surface area (Å²) in [7, 11) is -11.2. The zero-order valence-corrected chi connectivity index (χ0v) is 33.9. The Hall–Kier alpha value is -5.08. The first kappa shape index (κ1) is 58.2. The van der Waals surface area contributed by atoms with Gasteiger partial charge in [0.15, 0.2) is 0 Å². The van der Waals surface area contributed by atoms with Crippen LogP contribution in [0.1, 0.15) is 11.1 Å². The minimum absolute atomic E-state index is 0.0835. The molecule has 0 aromatic heterocycles. The van der Waals surface area contributed by atoms with Gasteiger partial charge in [-0.25, -0.2) is 17.6 Å². The number of nitro groups is 2. The minimum atomic E-state index is -8.20. The van der Waals surface area contributed by atoms with E-state index in [2.05, 4.69) is 8.37 Å². The van der Waals surface area contributed by atoms with Gasteiger partial charge in [-0.1, -0.05) is 0 Å². The summed E-state index contributed by atoms with van der Waals surface area (Å²) in [6.45, 7) is -7.67. The third kappa shape index (κ3) is 9.02. The van der Waals surface area contributed by atoms with Crippen LogP contribution < -0.4 is 0 Å². The number of halogens is 24. The molecule has 39 heteroatoms. The maximum Gasteiger partial charge on any atom is 0.384 e. The van der Waals surface area contributed by atoms with E-state index in [4.69, 9.17) is 0 Å². The molecule has 0 saturated heterocycles. The van der Waals surface area contributed by atoms with Crippen molar-refractivity contribution in [1.82, 2.24) is 4.90 Å². The molecule has 0 unspecified atom stereocenters. The maximum absolute atomic E-state index is 14.5. The van der Waals surface area contributed by atoms with E-state index in [1.54, 1.807) is 0 Å². The van der Waals surface area contributed by atoms with Crippen molar-refractivity contribution >= 4 is 37.2 Å². The van der Waals surface area contributed by atoms with Gasteiger partial charge in [-0.05, 0) is 12.1 Å². The van der Waals surface area contributed by atoms with Crippen LogP contribution >= 0.6 is 0 Å². The molecule has 0 spiro atoms. The highest BCUT2D eigenvalue weighted by Crippen LogP contribution is 2.60. The summed E-state index contributed by atoms with van der Waals surface area (Å²) in [6, 6.07) is -0.927. The van der Waals surface area contributed by atoms with E-state index in [-0.39, 0.29) is 24.3 Å². The average molecular weight is 1100 g/mol. The molecule has 0 aliphatic heterocycles. The summed E-state index contributed by atoms with van der Waals surface area (Å²) in [6.07, 6.45) is -11.3. The molecule has 0 bridgehead atoms. The van der Waals surface area contributed by atoms with Crippen molar-refractivity contribution in [1.29, 1.82) is 0 Å². The molecule has 0 N–H and O–H groups in total. The Morgan fingerprint density at radius 3 is 1.03 bits per heavy atom. The Kier molecular flexibility index (Phi) is 14.6. The average Bonchev–Trinajstić information content (AvgIpc) is 3.50. The van der Waals surface area contributed by atoms with Crippen LogP contribution in [0, 0.1) is 20.2 Å². The van der Waals surface area contributed by atoms with E-state index < -0.39 is 164 Å². The van der Waals surface area contributed by atoms with Gasteiger partial charge in [0.05, 0.1) is 21.0 Å². The molecule has 392 valence electrons. The minimum Gasteiger partial charge on any atom is -0.383 e. The molecule has 2 aromatic carbocycles. The second-order valence-corrected chi connectivity index (χ2v) is 17.1. The third-order valence-electron chi connectivity index (χ3n) is 9.04. The van der Waals surface area contributed by atoms with Gasteiger partial charge < -0.3 is 4.90 Å². The second-order valence-electron chi connectivity index (χ2n) is 13.9. The number of nitrogens with zero attached hydrogens (tertiary/aromatic N) is 3. The van der Waals surface area contributed by atoms with E-state index in [0.29, 0.717) is 6.20 Å². The molecule has 2 aromatic rings. The fraction of sp³-hybridized carbons (Fsp3) is 0.533. The van der Waals surface area contributed by atoms with E-state index in [1.165, 1.54) is 0 Å². The number of hydrogen-bond acceptors (Lipinski definition) is 11. The molecule has 13 nitrogen and oxygen atoms in total. The quantitative estimate of drug-likeness (QED) is 0.0430. The van der Waals surface area contributed by atoms with Crippen molar-refractivity contribution in [2.45, 2.75) is 81.9 Å². The first-order valence-electron chi connectivity index (χ1n) is 16.6. The molecule has 1 aliphatic rings. The third-order valence-corrected chi connectivity index (χ3v) is 11.5. The first-order valence-corrected chi connectivity index (χ1v) is 19.4. The highest BCUT2D eigenvalue weighted by Gasteiger charge is 2.89. The van der Waals surface area contributed by atoms with Crippen molar-refractivity contribution in [2.75, 3.05) is 27.3 Å². The van der Waals surface area contributed by atoms with Gasteiger partial charge in [0.1, 0.15) is 23.0 Å². The largest absolute Gasteiger partial charge is 0.384 e. The second kappa shape index (κ2) is 17.3. The van der Waals surface area contributed by atoms with Crippen LogP contribution in [0.3, 0.4) is 0 Å². The van der Waals surface area contributed by atoms with Crippen molar-refractivity contribution in [3.8, 4) is 11.1 Å². The lowest BCUT2D eigenvalue weighted by Gasteiger charge is -2.38. The fourth-order valence-corrected chi connectivity index (χ4v) is 7.35. The number of nitro benzene ring substituents is 2. The molecule has 3 rings (SSSR count). The fourth-order valence-electron chi connectivity index (χ4n) is 5.44. The van der Waals surface area contributed by atoms with Gasteiger partial charge in [-0.15, -0.1) is 0 Å². The van der Waals surface area contributed by atoms with Gasteiger partial charge >= 0.3 is 72.1 Å². The highest BCUT2D eigenvalue weighted by molar-refractivity contribution is 7.87. The van der Waals surface area contributed by atoms with Crippen LogP contribution in [0.15, 0.2) is 40.3 Å². The van der Waals surface area contributed by atoms with Crippen LogP contribution in [-0.2, 0) is 28.6 Å². The van der Waals surface area contributed by atoms with Crippen molar-refractivity contribution in [3.63, 3.8) is 0 Å². The normalized spacial score (nSPS) is 15.2. The molecule has 0 atom stereocenters. The van der Waals surface area contributed by atoms with Crippen LogP contribution in [0.25, 0.3) is 16.7 Å². The zero-order valence-electron chi connectivity index (χ0n) is 32.3. The maximum atomic E-state index is 14.5. The van der Waals surface area contributed by atoms with Gasteiger partial charge in [0.25, 0.3) is 31.6 Å². The van der Waals surface area contributed by atoms with Crippen molar-refractivity contribution < 1.29 is 140 Å². The Balaban J connectivity index is 2.23. The van der Waals surface area contributed by atoms with Gasteiger partial charge in [0, 0.05) is 49.1 Å². The molecule has 0 amide bonds. The Labute approximate surface area is 364 Å². The van der Waals surface area contributed by atoms with Crippen LogP contribution in [0.4, 0.5) is 117 Å². The number of fused-ring (bicyclic) bond motifs is 3. The SMILES string of the molecule is CN(C)C=C1c2cc(S(=O)(=O)OCC(F)(F)C(F)(F)C(F)(F)C(F)(F)C(F)(F)C(F)F)cc([N+](=O)[O-])c2-c2c1cc(S(=O)(=O)OCC(F)(F)C(F)(F)C(F)(F)C(F)(F)C(F)(F)C(F)F)cc2[N+](=O)[O-]. The molecule has 0 fully saturated rings. The predicted octanol–water partition coefficient (Wildman–Crippen LogP) is 9.73. The summed E-state index contributed by atoms with van der Waals surface area (Å²) in [5.74, 6) is -77.7. The molecule has 1 aliphatic carbocycles. The van der Waals surface area contributed by atoms with Crippen LogP contribution in [0.2, 0.25) is 0 Å². The highest BCUT2D eigenvalue weighted by atomic mass is 32.2. The topological polar surface area (TPSA) is 176 Å². The molecule has 0 saturated carbocycles. The zero-order chi connectivity index (χ0) is 54.4. The predicted molar refractivity (Wildman–Crippen MR) is 174 cm³/mol. The van der Waals surface area contributed by atoms with Crippen molar-refractivity contribution in [3.05, 3.63) is 61.8 Å². The van der Waals surface area contributed by atoms with E-state index in [1.807, 2.05) is 0 Å². The summed E-state index contributed by atoms with van der Waals surface area (Å²) in [5.41, 5.74) is -9.70. The standard InChI is InChI=1S/C30H17F24N3O10S2/c1-55(2)7-14-12-3-10(68(62,63)66-8-21(35,36)25(43,44)29(51,52)27(47,48)23(39,40)19(31)32)5-15(56(58)59)17(12)18-13(14)4-11(6-16(18)57(60)61)69(64,65)67-9-22(37,38)26(45,46)30(53,54)28(49,50)24(41,42)20(33)34/h3-7,19-20H,8-9H2,1-2H3. The summed E-state index contributed by atoms with van der Waals surface area (Å²) in [5, 5.41) is 24.4. The molecule has 0 heterocycles. The molecule has 0 radical (unpaired) electrons. The summed E-state index contributed by atoms with van der Waals surface area (Å²) < 4.78 is 386. The van der Waals surface area contributed by atoms with Crippen LogP contribution in [0.5, 0.6) is 0 Å². The molecule has 69 heavy (non-hydrogen) atoms. The van der Waals surface area contributed by atoms with E-state index in [9.17, 15) is 142 Å². The molecular formula is C30H17F24N3O10S2.